The first-order valence-corrected chi connectivity index (χ1v) is 7.55. The van der Waals surface area contributed by atoms with Crippen molar-refractivity contribution >= 4 is 11.8 Å². The molecule has 1 rings (SSSR count). The number of halogens is 3. The highest BCUT2D eigenvalue weighted by molar-refractivity contribution is 8.00. The Hall–Kier alpha value is -1.08. The summed E-state index contributed by atoms with van der Waals surface area (Å²) in [7, 11) is 3.11. The molecule has 0 spiro atoms. The van der Waals surface area contributed by atoms with Gasteiger partial charge in [-0.3, -0.25) is 0 Å². The Morgan fingerprint density at radius 1 is 1.19 bits per heavy atom. The molecule has 0 aliphatic heterocycles. The van der Waals surface area contributed by atoms with Crippen LogP contribution in [0.2, 0.25) is 0 Å². The number of benzene rings is 1. The van der Waals surface area contributed by atoms with Crippen molar-refractivity contribution in [1.29, 1.82) is 0 Å². The molecule has 7 heteroatoms. The van der Waals surface area contributed by atoms with Crippen LogP contribution in [0.25, 0.3) is 0 Å². The second-order valence-corrected chi connectivity index (χ2v) is 5.48. The van der Waals surface area contributed by atoms with Crippen LogP contribution >= 0.6 is 11.8 Å². The normalized spacial score (nSPS) is 13.0. The number of hydrogen-bond acceptors (Lipinski definition) is 4. The minimum atomic E-state index is -4.17. The van der Waals surface area contributed by atoms with E-state index in [9.17, 15) is 13.2 Å². The summed E-state index contributed by atoms with van der Waals surface area (Å²) in [6.07, 6.45) is 0.770. The van der Waals surface area contributed by atoms with Gasteiger partial charge in [0, 0.05) is 18.3 Å². The SMILES string of the molecule is CCC(NCCSC(F)(F)F)c1ccc(OC)c(OC)c1. The van der Waals surface area contributed by atoms with Gasteiger partial charge in [0.2, 0.25) is 0 Å². The summed E-state index contributed by atoms with van der Waals surface area (Å²) in [6, 6.07) is 5.51. The number of nitrogens with one attached hydrogen (secondary N) is 1. The number of methoxy groups -OCH3 is 2. The number of thioether (sulfide) groups is 1. The van der Waals surface area contributed by atoms with E-state index in [2.05, 4.69) is 5.32 Å². The highest BCUT2D eigenvalue weighted by Crippen LogP contribution is 2.32. The molecule has 1 N–H and O–H groups in total. The van der Waals surface area contributed by atoms with Crippen molar-refractivity contribution in [3.63, 3.8) is 0 Å². The predicted octanol–water partition coefficient (Wildman–Crippen LogP) is 4.00. The maximum Gasteiger partial charge on any atom is 0.441 e. The van der Waals surface area contributed by atoms with Crippen LogP contribution in [0.15, 0.2) is 18.2 Å². The lowest BCUT2D eigenvalue weighted by Crippen LogP contribution is -2.24. The highest BCUT2D eigenvalue weighted by atomic mass is 32.2. The molecule has 1 aromatic carbocycles. The van der Waals surface area contributed by atoms with Gasteiger partial charge in [-0.1, -0.05) is 13.0 Å². The summed E-state index contributed by atoms with van der Waals surface area (Å²) < 4.78 is 46.6. The first-order chi connectivity index (χ1) is 9.91. The quantitative estimate of drug-likeness (QED) is 0.733. The van der Waals surface area contributed by atoms with Crippen LogP contribution < -0.4 is 14.8 Å². The molecule has 3 nitrogen and oxygen atoms in total. The van der Waals surface area contributed by atoms with E-state index in [4.69, 9.17) is 9.47 Å². The Balaban J connectivity index is 2.63. The lowest BCUT2D eigenvalue weighted by atomic mass is 10.0. The molecule has 0 amide bonds. The van der Waals surface area contributed by atoms with Crippen LogP contribution in [0.1, 0.15) is 24.9 Å². The monoisotopic (exact) mass is 323 g/mol. The second-order valence-electron chi connectivity index (χ2n) is 4.32. The van der Waals surface area contributed by atoms with Crippen LogP contribution in [0.4, 0.5) is 13.2 Å². The summed E-state index contributed by atoms with van der Waals surface area (Å²) in [5, 5.41) is 3.13. The zero-order chi connectivity index (χ0) is 15.9. The minimum absolute atomic E-state index is 0.00666. The Labute approximate surface area is 127 Å². The van der Waals surface area contributed by atoms with E-state index >= 15 is 0 Å². The molecule has 0 saturated heterocycles. The van der Waals surface area contributed by atoms with Gasteiger partial charge in [0.1, 0.15) is 0 Å². The van der Waals surface area contributed by atoms with Crippen molar-refractivity contribution in [3.8, 4) is 11.5 Å². The molecule has 21 heavy (non-hydrogen) atoms. The molecule has 0 heterocycles. The molecule has 1 unspecified atom stereocenters. The van der Waals surface area contributed by atoms with Gasteiger partial charge in [-0.2, -0.15) is 13.2 Å². The third-order valence-electron chi connectivity index (χ3n) is 2.98. The van der Waals surface area contributed by atoms with Gasteiger partial charge in [0.25, 0.3) is 0 Å². The molecule has 1 aromatic rings. The van der Waals surface area contributed by atoms with Gasteiger partial charge < -0.3 is 14.8 Å². The summed E-state index contributed by atoms with van der Waals surface area (Å²) in [4.78, 5) is 0. The van der Waals surface area contributed by atoms with Crippen molar-refractivity contribution in [1.82, 2.24) is 5.32 Å². The van der Waals surface area contributed by atoms with Gasteiger partial charge in [-0.25, -0.2) is 0 Å². The van der Waals surface area contributed by atoms with E-state index in [0.717, 1.165) is 12.0 Å². The number of hydrogen-bond donors (Lipinski definition) is 1. The lowest BCUT2D eigenvalue weighted by molar-refractivity contribution is -0.0327. The zero-order valence-electron chi connectivity index (χ0n) is 12.3. The minimum Gasteiger partial charge on any atom is -0.493 e. The molecular formula is C14H20F3NO2S. The first kappa shape index (κ1) is 18.0. The molecule has 0 fully saturated rings. The molecule has 0 saturated carbocycles. The Morgan fingerprint density at radius 3 is 2.38 bits per heavy atom. The maximum atomic E-state index is 12.1. The average molecular weight is 323 g/mol. The van der Waals surface area contributed by atoms with Gasteiger partial charge in [0.15, 0.2) is 11.5 Å². The summed E-state index contributed by atoms with van der Waals surface area (Å²) in [6.45, 7) is 2.27. The van der Waals surface area contributed by atoms with E-state index in [1.807, 2.05) is 19.1 Å². The topological polar surface area (TPSA) is 30.5 Å². The molecule has 0 aromatic heterocycles. The van der Waals surface area contributed by atoms with Crippen LogP contribution in [0, 0.1) is 0 Å². The van der Waals surface area contributed by atoms with E-state index in [-0.39, 0.29) is 30.1 Å². The summed E-state index contributed by atoms with van der Waals surface area (Å²) >= 11 is -0.0122. The van der Waals surface area contributed by atoms with Crippen molar-refractivity contribution < 1.29 is 22.6 Å². The van der Waals surface area contributed by atoms with Crippen LogP contribution in [0.5, 0.6) is 11.5 Å². The van der Waals surface area contributed by atoms with Crippen molar-refractivity contribution in [2.45, 2.75) is 24.9 Å². The Morgan fingerprint density at radius 2 is 1.86 bits per heavy atom. The van der Waals surface area contributed by atoms with Gasteiger partial charge in [-0.15, -0.1) is 0 Å². The molecular weight excluding hydrogens is 303 g/mol. The number of rotatable bonds is 8. The van der Waals surface area contributed by atoms with Crippen molar-refractivity contribution in [3.05, 3.63) is 23.8 Å². The number of alkyl halides is 3. The standard InChI is InChI=1S/C14H20F3NO2S/c1-4-11(18-7-8-21-14(15,16)17)10-5-6-12(19-2)13(9-10)20-3/h5-6,9,11,18H,4,7-8H2,1-3H3. The number of ether oxygens (including phenoxy) is 2. The Bertz CT molecular complexity index is 441. The smallest absolute Gasteiger partial charge is 0.441 e. The first-order valence-electron chi connectivity index (χ1n) is 6.57. The second kappa shape index (κ2) is 8.38. The summed E-state index contributed by atoms with van der Waals surface area (Å²) in [5.41, 5.74) is -3.21. The predicted molar refractivity (Wildman–Crippen MR) is 79.1 cm³/mol. The van der Waals surface area contributed by atoms with E-state index < -0.39 is 5.51 Å². The van der Waals surface area contributed by atoms with Gasteiger partial charge in [-0.05, 0) is 35.9 Å². The third kappa shape index (κ3) is 6.05. The van der Waals surface area contributed by atoms with Gasteiger partial charge in [0.05, 0.1) is 14.2 Å². The fourth-order valence-corrected chi connectivity index (χ4v) is 2.42. The van der Waals surface area contributed by atoms with Crippen LogP contribution in [-0.4, -0.2) is 32.0 Å². The molecule has 0 aliphatic carbocycles. The Kier molecular flexibility index (Phi) is 7.17. The van der Waals surface area contributed by atoms with Gasteiger partial charge >= 0.3 is 5.51 Å². The molecule has 0 radical (unpaired) electrons. The van der Waals surface area contributed by atoms with E-state index in [1.54, 1.807) is 20.3 Å². The largest absolute Gasteiger partial charge is 0.493 e. The molecule has 1 atom stereocenters. The van der Waals surface area contributed by atoms with E-state index in [0.29, 0.717) is 11.5 Å². The third-order valence-corrected chi connectivity index (χ3v) is 3.71. The lowest BCUT2D eigenvalue weighted by Gasteiger charge is -2.19. The van der Waals surface area contributed by atoms with Crippen LogP contribution in [0.3, 0.4) is 0 Å². The molecule has 0 bridgehead atoms. The highest BCUT2D eigenvalue weighted by Gasteiger charge is 2.27. The van der Waals surface area contributed by atoms with E-state index in [1.165, 1.54) is 0 Å². The maximum absolute atomic E-state index is 12.1. The summed E-state index contributed by atoms with van der Waals surface area (Å²) in [5.74, 6) is 1.23. The zero-order valence-corrected chi connectivity index (χ0v) is 13.1. The fourth-order valence-electron chi connectivity index (χ4n) is 1.97. The van der Waals surface area contributed by atoms with Crippen LogP contribution in [-0.2, 0) is 0 Å². The fraction of sp³-hybridized carbons (Fsp3) is 0.571. The average Bonchev–Trinajstić information content (AvgIpc) is 2.45. The molecule has 0 aliphatic rings. The van der Waals surface area contributed by atoms with Crippen molar-refractivity contribution in [2.75, 3.05) is 26.5 Å². The van der Waals surface area contributed by atoms with Crippen molar-refractivity contribution in [2.24, 2.45) is 0 Å². The molecule has 120 valence electrons.